The predicted octanol–water partition coefficient (Wildman–Crippen LogP) is 2.17. The highest BCUT2D eigenvalue weighted by Gasteiger charge is 2.21. The summed E-state index contributed by atoms with van der Waals surface area (Å²) in [6, 6.07) is 0. The first-order chi connectivity index (χ1) is 5.61. The summed E-state index contributed by atoms with van der Waals surface area (Å²) in [6.07, 6.45) is 3.81. The van der Waals surface area contributed by atoms with Crippen molar-refractivity contribution < 1.29 is 4.79 Å². The number of hydrogen-bond acceptors (Lipinski definition) is 1. The van der Waals surface area contributed by atoms with E-state index in [9.17, 15) is 4.79 Å². The zero-order valence-corrected chi connectivity index (χ0v) is 8.97. The van der Waals surface area contributed by atoms with Crippen LogP contribution in [-0.4, -0.2) is 22.5 Å². The first kappa shape index (κ1) is 9.85. The van der Waals surface area contributed by atoms with Crippen molar-refractivity contribution in [3.63, 3.8) is 0 Å². The molecule has 1 unspecified atom stereocenters. The Labute approximate surface area is 77.6 Å². The third kappa shape index (κ3) is 2.37. The van der Waals surface area contributed by atoms with Crippen LogP contribution in [0.3, 0.4) is 0 Å². The molecule has 1 rings (SSSR count). The van der Waals surface area contributed by atoms with Gasteiger partial charge in [0.15, 0.2) is 5.78 Å². The Hall–Kier alpha value is -0.240. The molecule has 1 heterocycles. The Balaban J connectivity index is 2.55. The van der Waals surface area contributed by atoms with Gasteiger partial charge < -0.3 is 0 Å². The van der Waals surface area contributed by atoms with Crippen molar-refractivity contribution in [2.45, 2.75) is 26.0 Å². The lowest BCUT2D eigenvalue weighted by Gasteiger charge is -2.29. The second kappa shape index (κ2) is 4.13. The number of thiol groups is 1. The molecule has 0 amide bonds. The summed E-state index contributed by atoms with van der Waals surface area (Å²) in [5.41, 5.74) is 0. The molecule has 1 aliphatic rings. The summed E-state index contributed by atoms with van der Waals surface area (Å²) in [6.45, 7) is 6.55. The van der Waals surface area contributed by atoms with Crippen LogP contribution in [0.4, 0.5) is 0 Å². The highest BCUT2D eigenvalue weighted by molar-refractivity contribution is 8.18. The minimum absolute atomic E-state index is 0.0481. The van der Waals surface area contributed by atoms with Crippen molar-refractivity contribution in [1.82, 2.24) is 0 Å². The molecule has 0 aromatic heterocycles. The second-order valence-corrected chi connectivity index (χ2v) is 6.51. The standard InChI is InChI=1S/C10H18OS/c1-8(2)7-12-6-4-5-10(11)9(12)3/h4-5,8-9,12H,6-7H2,1-3H3/t9-/m1/s1. The van der Waals surface area contributed by atoms with Gasteiger partial charge in [-0.2, -0.15) is 0 Å². The molecule has 2 heteroatoms. The van der Waals surface area contributed by atoms with Crippen molar-refractivity contribution in [3.05, 3.63) is 12.2 Å². The average molecular weight is 186 g/mol. The van der Waals surface area contributed by atoms with Crippen LogP contribution < -0.4 is 0 Å². The van der Waals surface area contributed by atoms with Crippen LogP contribution in [0.5, 0.6) is 0 Å². The van der Waals surface area contributed by atoms with E-state index in [2.05, 4.69) is 26.8 Å². The van der Waals surface area contributed by atoms with Gasteiger partial charge in [0.1, 0.15) is 0 Å². The fraction of sp³-hybridized carbons (Fsp3) is 0.700. The molecule has 70 valence electrons. The third-order valence-electron chi connectivity index (χ3n) is 2.18. The van der Waals surface area contributed by atoms with Crippen LogP contribution in [0.25, 0.3) is 0 Å². The summed E-state index contributed by atoms with van der Waals surface area (Å²) in [5.74, 6) is 3.47. The molecule has 0 radical (unpaired) electrons. The molecule has 1 aliphatic heterocycles. The maximum absolute atomic E-state index is 11.3. The minimum Gasteiger partial charge on any atom is -0.294 e. The molecule has 0 aliphatic carbocycles. The van der Waals surface area contributed by atoms with Gasteiger partial charge in [0.05, 0.1) is 0 Å². The Morgan fingerprint density at radius 3 is 2.92 bits per heavy atom. The number of hydrogen-bond donors (Lipinski definition) is 1. The van der Waals surface area contributed by atoms with E-state index in [1.165, 1.54) is 5.75 Å². The lowest BCUT2D eigenvalue weighted by Crippen LogP contribution is -2.22. The van der Waals surface area contributed by atoms with E-state index >= 15 is 0 Å². The number of rotatable bonds is 2. The molecule has 1 nitrogen and oxygen atoms in total. The van der Waals surface area contributed by atoms with Crippen molar-refractivity contribution >= 4 is 16.7 Å². The van der Waals surface area contributed by atoms with E-state index < -0.39 is 0 Å². The molecule has 0 spiro atoms. The number of allylic oxidation sites excluding steroid dienone is 1. The van der Waals surface area contributed by atoms with Crippen molar-refractivity contribution in [2.24, 2.45) is 5.92 Å². The van der Waals surface area contributed by atoms with Crippen molar-refractivity contribution in [2.75, 3.05) is 11.5 Å². The molecule has 2 atom stereocenters. The summed E-state index contributed by atoms with van der Waals surface area (Å²) >= 11 is 0. The van der Waals surface area contributed by atoms with Crippen molar-refractivity contribution in [3.8, 4) is 0 Å². The van der Waals surface area contributed by atoms with E-state index in [4.69, 9.17) is 0 Å². The zero-order valence-electron chi connectivity index (χ0n) is 8.08. The van der Waals surface area contributed by atoms with Gasteiger partial charge in [-0.3, -0.25) is 4.79 Å². The van der Waals surface area contributed by atoms with E-state index in [0.29, 0.717) is 11.0 Å². The lowest BCUT2D eigenvalue weighted by molar-refractivity contribution is -0.114. The topological polar surface area (TPSA) is 17.1 Å². The van der Waals surface area contributed by atoms with Gasteiger partial charge in [0.25, 0.3) is 0 Å². The smallest absolute Gasteiger partial charge is 0.166 e. The number of carbonyl (C=O) groups excluding carboxylic acids is 1. The Morgan fingerprint density at radius 2 is 2.33 bits per heavy atom. The van der Waals surface area contributed by atoms with Crippen LogP contribution in [-0.2, 0) is 4.79 Å². The van der Waals surface area contributed by atoms with Gasteiger partial charge in [-0.1, -0.05) is 19.9 Å². The fourth-order valence-electron chi connectivity index (χ4n) is 1.48. The van der Waals surface area contributed by atoms with Gasteiger partial charge in [-0.05, 0) is 30.4 Å². The SMILES string of the molecule is CC(C)C[SH]1CC=CC(=O)[C@H]1C. The second-order valence-electron chi connectivity index (χ2n) is 3.83. The molecule has 0 fully saturated rings. The number of carbonyl (C=O) groups is 1. The normalized spacial score (nSPS) is 32.8. The molecule has 0 aromatic carbocycles. The largest absolute Gasteiger partial charge is 0.294 e. The van der Waals surface area contributed by atoms with E-state index in [1.807, 2.05) is 0 Å². The average Bonchev–Trinajstić information content (AvgIpc) is 1.98. The van der Waals surface area contributed by atoms with Gasteiger partial charge in [-0.25, -0.2) is 10.9 Å². The van der Waals surface area contributed by atoms with Gasteiger partial charge in [-0.15, -0.1) is 0 Å². The molecule has 0 bridgehead atoms. The number of ketones is 1. The quantitative estimate of drug-likeness (QED) is 0.654. The summed E-state index contributed by atoms with van der Waals surface area (Å²) in [7, 11) is -0.0481. The third-order valence-corrected chi connectivity index (χ3v) is 5.41. The van der Waals surface area contributed by atoms with Gasteiger partial charge in [0, 0.05) is 5.25 Å². The van der Waals surface area contributed by atoms with Crippen LogP contribution >= 0.6 is 10.9 Å². The van der Waals surface area contributed by atoms with E-state index in [0.717, 1.165) is 11.7 Å². The summed E-state index contributed by atoms with van der Waals surface area (Å²) < 4.78 is 0. The van der Waals surface area contributed by atoms with E-state index in [1.54, 1.807) is 6.08 Å². The molecule has 0 saturated heterocycles. The summed E-state index contributed by atoms with van der Waals surface area (Å²) in [5, 5.41) is 0.312. The van der Waals surface area contributed by atoms with Crippen molar-refractivity contribution in [1.29, 1.82) is 0 Å². The van der Waals surface area contributed by atoms with Crippen LogP contribution in [0.2, 0.25) is 0 Å². The fourth-order valence-corrected chi connectivity index (χ4v) is 4.02. The van der Waals surface area contributed by atoms with Gasteiger partial charge >= 0.3 is 0 Å². The Bertz CT molecular complexity index is 196. The van der Waals surface area contributed by atoms with E-state index in [-0.39, 0.29) is 10.9 Å². The Morgan fingerprint density at radius 1 is 1.67 bits per heavy atom. The van der Waals surface area contributed by atoms with Crippen LogP contribution in [0.1, 0.15) is 20.8 Å². The van der Waals surface area contributed by atoms with Crippen LogP contribution in [0, 0.1) is 5.92 Å². The predicted molar refractivity (Wildman–Crippen MR) is 57.2 cm³/mol. The maximum Gasteiger partial charge on any atom is 0.166 e. The Kier molecular flexibility index (Phi) is 3.39. The minimum atomic E-state index is -0.0481. The first-order valence-corrected chi connectivity index (χ1v) is 6.34. The first-order valence-electron chi connectivity index (χ1n) is 4.55. The summed E-state index contributed by atoms with van der Waals surface area (Å²) in [4.78, 5) is 11.3. The molecular formula is C10H18OS. The monoisotopic (exact) mass is 186 g/mol. The lowest BCUT2D eigenvalue weighted by atomic mass is 10.3. The molecule has 0 saturated carbocycles. The maximum atomic E-state index is 11.3. The highest BCUT2D eigenvalue weighted by Crippen LogP contribution is 2.36. The molecule has 0 aromatic rings. The van der Waals surface area contributed by atoms with Crippen LogP contribution in [0.15, 0.2) is 12.2 Å². The molecule has 0 N–H and O–H groups in total. The molecule has 12 heavy (non-hydrogen) atoms. The van der Waals surface area contributed by atoms with Gasteiger partial charge in [0.2, 0.25) is 0 Å². The molecular weight excluding hydrogens is 168 g/mol. The zero-order chi connectivity index (χ0) is 9.14. The highest BCUT2D eigenvalue weighted by atomic mass is 32.2.